The highest BCUT2D eigenvalue weighted by atomic mass is 16.5. The Morgan fingerprint density at radius 1 is 1.38 bits per heavy atom. The SMILES string of the molecule is CC(C)(O)Cn1cc(-c2ccnc(N)n2)c2cc(C#CC3(O)CCOC3)ncc21. The number of aliphatic hydroxyl groups is 2. The van der Waals surface area contributed by atoms with Crippen molar-refractivity contribution in [2.24, 2.45) is 0 Å². The Bertz CT molecular complexity index is 1110. The molecule has 3 aromatic heterocycles. The Morgan fingerprint density at radius 3 is 2.90 bits per heavy atom. The third-order valence-corrected chi connectivity index (χ3v) is 4.70. The van der Waals surface area contributed by atoms with E-state index in [2.05, 4.69) is 26.8 Å². The largest absolute Gasteiger partial charge is 0.389 e. The van der Waals surface area contributed by atoms with E-state index in [1.165, 1.54) is 0 Å². The molecular weight excluding hydrogens is 370 g/mol. The average Bonchev–Trinajstić information content (AvgIpc) is 3.23. The van der Waals surface area contributed by atoms with Crippen molar-refractivity contribution in [3.63, 3.8) is 0 Å². The molecule has 0 bridgehead atoms. The Balaban J connectivity index is 1.83. The Morgan fingerprint density at radius 2 is 2.21 bits per heavy atom. The van der Waals surface area contributed by atoms with Crippen molar-refractivity contribution in [1.82, 2.24) is 19.5 Å². The van der Waals surface area contributed by atoms with Crippen LogP contribution in [-0.4, -0.2) is 54.1 Å². The van der Waals surface area contributed by atoms with Gasteiger partial charge >= 0.3 is 0 Å². The van der Waals surface area contributed by atoms with Crippen LogP contribution in [0.15, 0.2) is 30.7 Å². The van der Waals surface area contributed by atoms with Gasteiger partial charge in [-0.15, -0.1) is 0 Å². The molecule has 1 aliphatic rings. The van der Waals surface area contributed by atoms with Gasteiger partial charge in [-0.05, 0) is 31.9 Å². The zero-order valence-electron chi connectivity index (χ0n) is 16.4. The average molecular weight is 393 g/mol. The minimum Gasteiger partial charge on any atom is -0.389 e. The highest BCUT2D eigenvalue weighted by Crippen LogP contribution is 2.31. The third kappa shape index (κ3) is 4.22. The number of anilines is 1. The first-order valence-corrected chi connectivity index (χ1v) is 9.36. The lowest BCUT2D eigenvalue weighted by Gasteiger charge is -2.18. The molecule has 8 nitrogen and oxygen atoms in total. The molecule has 0 saturated carbocycles. The van der Waals surface area contributed by atoms with Crippen LogP contribution < -0.4 is 5.73 Å². The molecule has 4 N–H and O–H groups in total. The first kappa shape index (κ1) is 19.3. The van der Waals surface area contributed by atoms with E-state index >= 15 is 0 Å². The number of nitrogens with two attached hydrogens (primary N) is 1. The van der Waals surface area contributed by atoms with Crippen LogP contribution in [0.2, 0.25) is 0 Å². The van der Waals surface area contributed by atoms with Crippen molar-refractivity contribution in [1.29, 1.82) is 0 Å². The van der Waals surface area contributed by atoms with E-state index in [1.807, 2.05) is 16.8 Å². The first-order chi connectivity index (χ1) is 13.7. The second kappa shape index (κ2) is 7.12. The van der Waals surface area contributed by atoms with Gasteiger partial charge in [-0.1, -0.05) is 5.92 Å². The molecule has 1 aliphatic heterocycles. The Kier molecular flexibility index (Phi) is 4.74. The molecule has 1 unspecified atom stereocenters. The minimum absolute atomic E-state index is 0.184. The van der Waals surface area contributed by atoms with Crippen LogP contribution in [0.4, 0.5) is 5.95 Å². The third-order valence-electron chi connectivity index (χ3n) is 4.70. The quantitative estimate of drug-likeness (QED) is 0.575. The van der Waals surface area contributed by atoms with Crippen molar-refractivity contribution in [2.75, 3.05) is 18.9 Å². The van der Waals surface area contributed by atoms with Crippen LogP contribution in [0.1, 0.15) is 26.0 Å². The summed E-state index contributed by atoms with van der Waals surface area (Å²) in [6.45, 7) is 4.58. The number of nitrogen functional groups attached to an aromatic ring is 1. The van der Waals surface area contributed by atoms with Crippen molar-refractivity contribution in [3.8, 4) is 23.1 Å². The summed E-state index contributed by atoms with van der Waals surface area (Å²) in [5.74, 6) is 6.02. The van der Waals surface area contributed by atoms with E-state index in [0.29, 0.717) is 31.0 Å². The lowest BCUT2D eigenvalue weighted by atomic mass is 10.0. The minimum atomic E-state index is -1.13. The van der Waals surface area contributed by atoms with Crippen LogP contribution in [0.25, 0.3) is 22.2 Å². The lowest BCUT2D eigenvalue weighted by Crippen LogP contribution is -2.26. The topological polar surface area (TPSA) is 119 Å². The molecule has 8 heteroatoms. The lowest BCUT2D eigenvalue weighted by molar-refractivity contribution is 0.0628. The predicted molar refractivity (Wildman–Crippen MR) is 109 cm³/mol. The molecule has 4 rings (SSSR count). The molecule has 1 atom stereocenters. The fraction of sp³-hybridized carbons (Fsp3) is 0.381. The Labute approximate surface area is 168 Å². The summed E-state index contributed by atoms with van der Waals surface area (Å²) in [4.78, 5) is 12.7. The monoisotopic (exact) mass is 393 g/mol. The number of aromatic nitrogens is 4. The number of fused-ring (bicyclic) bond motifs is 1. The fourth-order valence-electron chi connectivity index (χ4n) is 3.36. The maximum absolute atomic E-state index is 10.4. The van der Waals surface area contributed by atoms with E-state index in [9.17, 15) is 10.2 Å². The smallest absolute Gasteiger partial charge is 0.220 e. The van der Waals surface area contributed by atoms with Gasteiger partial charge in [0.2, 0.25) is 5.95 Å². The summed E-state index contributed by atoms with van der Waals surface area (Å²) in [5.41, 5.74) is 6.61. The highest BCUT2D eigenvalue weighted by Gasteiger charge is 2.30. The van der Waals surface area contributed by atoms with Gasteiger partial charge in [0.25, 0.3) is 0 Å². The zero-order chi connectivity index (χ0) is 20.6. The van der Waals surface area contributed by atoms with Crippen LogP contribution in [0.3, 0.4) is 0 Å². The molecule has 0 aromatic carbocycles. The van der Waals surface area contributed by atoms with Gasteiger partial charge in [-0.25, -0.2) is 15.0 Å². The van der Waals surface area contributed by atoms with Crippen molar-refractivity contribution in [2.45, 2.75) is 38.0 Å². The molecule has 0 spiro atoms. The molecule has 1 saturated heterocycles. The summed E-state index contributed by atoms with van der Waals surface area (Å²) in [5, 5.41) is 21.5. The van der Waals surface area contributed by atoms with Crippen LogP contribution in [-0.2, 0) is 11.3 Å². The van der Waals surface area contributed by atoms with Gasteiger partial charge in [-0.3, -0.25) is 0 Å². The molecule has 4 heterocycles. The maximum Gasteiger partial charge on any atom is 0.220 e. The predicted octanol–water partition coefficient (Wildman–Crippen LogP) is 1.35. The maximum atomic E-state index is 10.4. The fourth-order valence-corrected chi connectivity index (χ4v) is 3.36. The summed E-state index contributed by atoms with van der Waals surface area (Å²) in [6.07, 6.45) is 5.72. The molecule has 0 aliphatic carbocycles. The van der Waals surface area contributed by atoms with E-state index < -0.39 is 11.2 Å². The van der Waals surface area contributed by atoms with Gasteiger partial charge in [0, 0.05) is 29.8 Å². The molecule has 29 heavy (non-hydrogen) atoms. The second-order valence-corrected chi connectivity index (χ2v) is 7.95. The van der Waals surface area contributed by atoms with Crippen molar-refractivity contribution in [3.05, 3.63) is 36.4 Å². The van der Waals surface area contributed by atoms with Gasteiger partial charge in [0.05, 0.1) is 42.8 Å². The normalized spacial score (nSPS) is 19.3. The summed E-state index contributed by atoms with van der Waals surface area (Å²) < 4.78 is 7.17. The number of ether oxygens (including phenoxy) is 1. The molecular formula is C21H23N5O3. The van der Waals surface area contributed by atoms with E-state index in [4.69, 9.17) is 10.5 Å². The summed E-state index contributed by atoms with van der Waals surface area (Å²) in [6, 6.07) is 3.64. The van der Waals surface area contributed by atoms with Gasteiger partial charge in [0.1, 0.15) is 5.69 Å². The molecule has 3 aromatic rings. The van der Waals surface area contributed by atoms with Crippen molar-refractivity contribution < 1.29 is 14.9 Å². The summed E-state index contributed by atoms with van der Waals surface area (Å²) >= 11 is 0. The molecule has 0 amide bonds. The van der Waals surface area contributed by atoms with E-state index in [1.54, 1.807) is 32.3 Å². The number of hydrogen-bond donors (Lipinski definition) is 3. The van der Waals surface area contributed by atoms with Gasteiger partial charge in [0.15, 0.2) is 5.60 Å². The van der Waals surface area contributed by atoms with Crippen LogP contribution >= 0.6 is 0 Å². The molecule has 0 radical (unpaired) electrons. The zero-order valence-corrected chi connectivity index (χ0v) is 16.4. The first-order valence-electron chi connectivity index (χ1n) is 9.36. The summed E-state index contributed by atoms with van der Waals surface area (Å²) in [7, 11) is 0. The van der Waals surface area contributed by atoms with E-state index in [0.717, 1.165) is 16.5 Å². The number of rotatable bonds is 3. The van der Waals surface area contributed by atoms with Gasteiger partial charge < -0.3 is 25.3 Å². The van der Waals surface area contributed by atoms with Gasteiger partial charge in [-0.2, -0.15) is 0 Å². The number of hydrogen-bond acceptors (Lipinski definition) is 7. The van der Waals surface area contributed by atoms with Crippen LogP contribution in [0, 0.1) is 11.8 Å². The van der Waals surface area contributed by atoms with Crippen molar-refractivity contribution >= 4 is 16.9 Å². The highest BCUT2D eigenvalue weighted by molar-refractivity contribution is 5.95. The second-order valence-electron chi connectivity index (χ2n) is 7.95. The molecule has 1 fully saturated rings. The number of nitrogens with zero attached hydrogens (tertiary/aromatic N) is 4. The molecule has 150 valence electrons. The number of pyridine rings is 1. The van der Waals surface area contributed by atoms with E-state index in [-0.39, 0.29) is 12.6 Å². The van der Waals surface area contributed by atoms with Crippen LogP contribution in [0.5, 0.6) is 0 Å². The standard InChI is InChI=1S/C21H23N5O3/c1-20(2,27)12-26-11-16(17-4-7-23-19(22)25-17)15-9-14(24-10-18(15)26)3-5-21(28)6-8-29-13-21/h4,7,9-11,27-28H,6,8,12-13H2,1-2H3,(H2,22,23,25). The Hall–Kier alpha value is -2.99.